The van der Waals surface area contributed by atoms with Gasteiger partial charge in [-0.15, -0.1) is 22.7 Å². The maximum atomic E-state index is 5.75. The molecule has 0 saturated heterocycles. The van der Waals surface area contributed by atoms with Gasteiger partial charge in [-0.05, 0) is 6.92 Å². The highest BCUT2D eigenvalue weighted by molar-refractivity contribution is 7.17. The number of imidazole rings is 1. The van der Waals surface area contributed by atoms with Crippen LogP contribution in [0.2, 0.25) is 0 Å². The lowest BCUT2D eigenvalue weighted by Crippen LogP contribution is -1.84. The first-order valence-electron chi connectivity index (χ1n) is 4.38. The van der Waals surface area contributed by atoms with Crippen molar-refractivity contribution in [1.82, 2.24) is 14.4 Å². The summed E-state index contributed by atoms with van der Waals surface area (Å²) in [5.41, 5.74) is 9.78. The molecule has 0 aliphatic rings. The van der Waals surface area contributed by atoms with Crippen LogP contribution >= 0.6 is 22.7 Å². The zero-order chi connectivity index (χ0) is 10.4. The maximum absolute atomic E-state index is 5.75. The zero-order valence-electron chi connectivity index (χ0n) is 7.97. The quantitative estimate of drug-likeness (QED) is 0.706. The molecule has 0 radical (unpaired) electrons. The van der Waals surface area contributed by atoms with E-state index in [1.807, 2.05) is 16.8 Å². The topological polar surface area (TPSA) is 56.2 Å². The number of nitrogen functional groups attached to an aromatic ring is 1. The Kier molecular flexibility index (Phi) is 1.80. The minimum absolute atomic E-state index is 0.591. The molecule has 0 fully saturated rings. The normalized spacial score (nSPS) is 11.3. The number of hydrogen-bond donors (Lipinski definition) is 1. The van der Waals surface area contributed by atoms with Gasteiger partial charge in [-0.2, -0.15) is 0 Å². The average Bonchev–Trinajstić information content (AvgIpc) is 2.85. The van der Waals surface area contributed by atoms with E-state index in [1.165, 1.54) is 4.88 Å². The Balaban J connectivity index is 2.32. The fraction of sp³-hybridized carbons (Fsp3) is 0.111. The van der Waals surface area contributed by atoms with Crippen LogP contribution in [-0.4, -0.2) is 14.4 Å². The second-order valence-electron chi connectivity index (χ2n) is 3.19. The molecule has 6 heteroatoms. The first-order valence-corrected chi connectivity index (χ1v) is 6.14. The minimum Gasteiger partial charge on any atom is -0.381 e. The van der Waals surface area contributed by atoms with E-state index in [-0.39, 0.29) is 0 Å². The highest BCUT2D eigenvalue weighted by Gasteiger charge is 2.12. The van der Waals surface area contributed by atoms with E-state index >= 15 is 0 Å². The standard InChI is InChI=1S/C9H8N4S2/c1-5-7(15-4-12-5)6-2-14-9-8(10)11-3-13(6)9/h2-4H,10H2,1H3. The van der Waals surface area contributed by atoms with E-state index < -0.39 is 0 Å². The number of hydrogen-bond acceptors (Lipinski definition) is 5. The van der Waals surface area contributed by atoms with Crippen LogP contribution in [0.25, 0.3) is 15.4 Å². The number of thiazole rings is 2. The molecule has 0 aliphatic heterocycles. The summed E-state index contributed by atoms with van der Waals surface area (Å²) in [6.07, 6.45) is 1.76. The summed E-state index contributed by atoms with van der Waals surface area (Å²) in [6, 6.07) is 0. The number of aryl methyl sites for hydroxylation is 1. The van der Waals surface area contributed by atoms with Gasteiger partial charge >= 0.3 is 0 Å². The smallest absolute Gasteiger partial charge is 0.160 e. The summed E-state index contributed by atoms with van der Waals surface area (Å²) in [7, 11) is 0. The molecule has 0 aromatic carbocycles. The Bertz CT molecular complexity index is 619. The van der Waals surface area contributed by atoms with Crippen LogP contribution in [0, 0.1) is 6.92 Å². The monoisotopic (exact) mass is 236 g/mol. The summed E-state index contributed by atoms with van der Waals surface area (Å²) in [5, 5.41) is 2.09. The highest BCUT2D eigenvalue weighted by Crippen LogP contribution is 2.32. The fourth-order valence-corrected chi connectivity index (χ4v) is 3.30. The van der Waals surface area contributed by atoms with Crippen molar-refractivity contribution in [2.75, 3.05) is 5.73 Å². The van der Waals surface area contributed by atoms with Gasteiger partial charge in [-0.1, -0.05) is 0 Å². The van der Waals surface area contributed by atoms with Gasteiger partial charge in [-0.25, -0.2) is 9.97 Å². The molecule has 2 N–H and O–H groups in total. The zero-order valence-corrected chi connectivity index (χ0v) is 9.60. The lowest BCUT2D eigenvalue weighted by Gasteiger charge is -1.95. The Morgan fingerprint density at radius 2 is 2.20 bits per heavy atom. The van der Waals surface area contributed by atoms with Crippen LogP contribution in [0.5, 0.6) is 0 Å². The lowest BCUT2D eigenvalue weighted by molar-refractivity contribution is 1.17. The van der Waals surface area contributed by atoms with Gasteiger partial charge in [-0.3, -0.25) is 4.40 Å². The molecule has 0 bridgehead atoms. The van der Waals surface area contributed by atoms with E-state index in [4.69, 9.17) is 5.73 Å². The van der Waals surface area contributed by atoms with Crippen LogP contribution in [-0.2, 0) is 0 Å². The molecule has 3 aromatic rings. The van der Waals surface area contributed by atoms with Crippen LogP contribution in [0.1, 0.15) is 5.69 Å². The predicted octanol–water partition coefficient (Wildman–Crippen LogP) is 2.41. The van der Waals surface area contributed by atoms with E-state index in [9.17, 15) is 0 Å². The summed E-state index contributed by atoms with van der Waals surface area (Å²) < 4.78 is 2.01. The average molecular weight is 236 g/mol. The fourth-order valence-electron chi connectivity index (χ4n) is 1.52. The van der Waals surface area contributed by atoms with Gasteiger partial charge < -0.3 is 5.73 Å². The number of nitrogens with two attached hydrogens (primary N) is 1. The molecule has 4 nitrogen and oxygen atoms in total. The third kappa shape index (κ3) is 1.18. The van der Waals surface area contributed by atoms with Crippen LogP contribution in [0.3, 0.4) is 0 Å². The van der Waals surface area contributed by atoms with Gasteiger partial charge in [0, 0.05) is 5.38 Å². The Labute approximate surface area is 94.0 Å². The first kappa shape index (κ1) is 8.87. The minimum atomic E-state index is 0.591. The Morgan fingerprint density at radius 1 is 1.33 bits per heavy atom. The molecular weight excluding hydrogens is 228 g/mol. The number of nitrogens with zero attached hydrogens (tertiary/aromatic N) is 3. The summed E-state index contributed by atoms with van der Waals surface area (Å²) in [6.45, 7) is 2.01. The molecule has 0 spiro atoms. The van der Waals surface area contributed by atoms with Gasteiger partial charge in [0.05, 0.1) is 21.8 Å². The van der Waals surface area contributed by atoms with Gasteiger partial charge in [0.25, 0.3) is 0 Å². The van der Waals surface area contributed by atoms with Crippen LogP contribution in [0.15, 0.2) is 17.2 Å². The molecule has 15 heavy (non-hydrogen) atoms. The van der Waals surface area contributed by atoms with Crippen molar-refractivity contribution >= 4 is 33.3 Å². The van der Waals surface area contributed by atoms with Crippen molar-refractivity contribution in [2.45, 2.75) is 6.92 Å². The van der Waals surface area contributed by atoms with Crippen molar-refractivity contribution < 1.29 is 0 Å². The Morgan fingerprint density at radius 3 is 2.93 bits per heavy atom. The third-order valence-electron chi connectivity index (χ3n) is 2.27. The van der Waals surface area contributed by atoms with Crippen molar-refractivity contribution in [2.24, 2.45) is 0 Å². The van der Waals surface area contributed by atoms with Gasteiger partial charge in [0.2, 0.25) is 0 Å². The van der Waals surface area contributed by atoms with Crippen LogP contribution in [0.4, 0.5) is 5.82 Å². The van der Waals surface area contributed by atoms with Gasteiger partial charge in [0.1, 0.15) is 11.2 Å². The van der Waals surface area contributed by atoms with E-state index in [1.54, 1.807) is 29.0 Å². The molecular formula is C9H8N4S2. The maximum Gasteiger partial charge on any atom is 0.160 e. The molecule has 0 amide bonds. The van der Waals surface area contributed by atoms with Crippen LogP contribution < -0.4 is 5.73 Å². The summed E-state index contributed by atoms with van der Waals surface area (Å²) in [4.78, 5) is 10.5. The molecule has 3 heterocycles. The third-order valence-corrected chi connectivity index (χ3v) is 4.19. The molecule has 76 valence electrons. The largest absolute Gasteiger partial charge is 0.381 e. The summed E-state index contributed by atoms with van der Waals surface area (Å²) >= 11 is 3.25. The number of aromatic nitrogens is 3. The molecule has 3 rings (SSSR count). The van der Waals surface area contributed by atoms with Crippen molar-refractivity contribution in [1.29, 1.82) is 0 Å². The number of fused-ring (bicyclic) bond motifs is 1. The molecule has 0 atom stereocenters. The molecule has 3 aromatic heterocycles. The lowest BCUT2D eigenvalue weighted by atomic mass is 10.3. The van der Waals surface area contributed by atoms with Crippen molar-refractivity contribution in [3.63, 3.8) is 0 Å². The molecule has 0 saturated carbocycles. The number of anilines is 1. The summed E-state index contributed by atoms with van der Waals surface area (Å²) in [5.74, 6) is 0.591. The highest BCUT2D eigenvalue weighted by atomic mass is 32.1. The van der Waals surface area contributed by atoms with Crippen molar-refractivity contribution in [3.8, 4) is 10.6 Å². The second kappa shape index (κ2) is 3.04. The Hall–Kier alpha value is -1.40. The predicted molar refractivity (Wildman–Crippen MR) is 63.3 cm³/mol. The number of rotatable bonds is 1. The van der Waals surface area contributed by atoms with Gasteiger partial charge in [0.15, 0.2) is 5.82 Å². The molecule has 0 aliphatic carbocycles. The second-order valence-corrected chi connectivity index (χ2v) is 4.91. The molecule has 0 unspecified atom stereocenters. The van der Waals surface area contributed by atoms with Crippen molar-refractivity contribution in [3.05, 3.63) is 22.9 Å². The van der Waals surface area contributed by atoms with E-state index in [0.29, 0.717) is 5.82 Å². The van der Waals surface area contributed by atoms with E-state index in [2.05, 4.69) is 15.3 Å². The SMILES string of the molecule is Cc1ncsc1-c1csc2c(N)ncn12. The van der Waals surface area contributed by atoms with E-state index in [0.717, 1.165) is 16.2 Å². The first-order chi connectivity index (χ1) is 7.27.